The van der Waals surface area contributed by atoms with E-state index in [0.29, 0.717) is 11.4 Å². The third kappa shape index (κ3) is 3.50. The summed E-state index contributed by atoms with van der Waals surface area (Å²) in [6, 6.07) is 11.9. The first kappa shape index (κ1) is 15.9. The lowest BCUT2D eigenvalue weighted by atomic mass is 10.1. The lowest BCUT2D eigenvalue weighted by molar-refractivity contribution is -0.137. The van der Waals surface area contributed by atoms with Crippen molar-refractivity contribution in [1.29, 1.82) is 0 Å². The van der Waals surface area contributed by atoms with E-state index in [4.69, 9.17) is 11.6 Å². The Balaban J connectivity index is 1.71. The lowest BCUT2D eigenvalue weighted by Gasteiger charge is -2.12. The van der Waals surface area contributed by atoms with Crippen LogP contribution >= 0.6 is 11.6 Å². The maximum atomic E-state index is 12.9. The van der Waals surface area contributed by atoms with E-state index in [0.717, 1.165) is 11.6 Å². The van der Waals surface area contributed by atoms with Crippen LogP contribution < -0.4 is 5.32 Å². The number of amides is 1. The molecule has 2 atom stereocenters. The second kappa shape index (κ2) is 5.89. The number of halogens is 4. The largest absolute Gasteiger partial charge is 0.417 e. The van der Waals surface area contributed by atoms with Gasteiger partial charge in [-0.25, -0.2) is 0 Å². The number of carbonyl (C=O) groups is 1. The van der Waals surface area contributed by atoms with Gasteiger partial charge in [-0.1, -0.05) is 35.9 Å². The van der Waals surface area contributed by atoms with E-state index in [1.165, 1.54) is 18.2 Å². The minimum Gasteiger partial charge on any atom is -0.349 e. The van der Waals surface area contributed by atoms with Crippen molar-refractivity contribution in [3.8, 4) is 0 Å². The van der Waals surface area contributed by atoms with Crippen LogP contribution in [0.5, 0.6) is 0 Å². The molecule has 1 amide bonds. The maximum Gasteiger partial charge on any atom is 0.417 e. The Bertz CT molecular complexity index is 727. The Morgan fingerprint density at radius 1 is 1.09 bits per heavy atom. The number of hydrogen-bond acceptors (Lipinski definition) is 1. The van der Waals surface area contributed by atoms with Crippen molar-refractivity contribution in [3.05, 3.63) is 70.2 Å². The van der Waals surface area contributed by atoms with E-state index in [1.54, 1.807) is 12.1 Å². The first-order valence-corrected chi connectivity index (χ1v) is 7.46. The molecule has 2 aromatic carbocycles. The first-order valence-electron chi connectivity index (χ1n) is 7.09. The molecule has 2 nitrogen and oxygen atoms in total. The maximum absolute atomic E-state index is 12.9. The highest BCUT2D eigenvalue weighted by Gasteiger charge is 2.41. The van der Waals surface area contributed by atoms with Crippen molar-refractivity contribution in [3.63, 3.8) is 0 Å². The molecule has 1 aliphatic carbocycles. The molecule has 0 bridgehead atoms. The van der Waals surface area contributed by atoms with E-state index in [-0.39, 0.29) is 17.5 Å². The van der Waals surface area contributed by atoms with Crippen LogP contribution in [0.25, 0.3) is 0 Å². The molecule has 0 spiro atoms. The molecule has 0 radical (unpaired) electrons. The molecule has 0 heterocycles. The number of nitrogens with one attached hydrogen (secondary N) is 1. The molecule has 2 aromatic rings. The van der Waals surface area contributed by atoms with Crippen molar-refractivity contribution < 1.29 is 18.0 Å². The summed E-state index contributed by atoms with van der Waals surface area (Å²) in [4.78, 5) is 12.2. The first-order chi connectivity index (χ1) is 10.9. The topological polar surface area (TPSA) is 29.1 Å². The van der Waals surface area contributed by atoms with Gasteiger partial charge < -0.3 is 5.32 Å². The van der Waals surface area contributed by atoms with Crippen LogP contribution in [0.1, 0.15) is 33.8 Å². The Morgan fingerprint density at radius 3 is 2.39 bits per heavy atom. The highest BCUT2D eigenvalue weighted by Crippen LogP contribution is 2.41. The minimum atomic E-state index is -4.55. The Morgan fingerprint density at radius 2 is 1.74 bits per heavy atom. The molecule has 0 saturated heterocycles. The van der Waals surface area contributed by atoms with Crippen molar-refractivity contribution >= 4 is 17.5 Å². The molecular formula is C17H13ClF3NO. The molecule has 1 fully saturated rings. The summed E-state index contributed by atoms with van der Waals surface area (Å²) in [5.41, 5.74) is -0.244. The van der Waals surface area contributed by atoms with Gasteiger partial charge in [-0.3, -0.25) is 4.79 Å². The lowest BCUT2D eigenvalue weighted by Crippen LogP contribution is -2.28. The molecule has 23 heavy (non-hydrogen) atoms. The smallest absolute Gasteiger partial charge is 0.349 e. The van der Waals surface area contributed by atoms with Crippen molar-refractivity contribution in [1.82, 2.24) is 5.32 Å². The number of hydrogen-bond donors (Lipinski definition) is 1. The third-order valence-corrected chi connectivity index (χ3v) is 4.13. The van der Waals surface area contributed by atoms with Gasteiger partial charge >= 0.3 is 6.18 Å². The molecular weight excluding hydrogens is 327 g/mol. The zero-order valence-electron chi connectivity index (χ0n) is 11.9. The second-order valence-electron chi connectivity index (χ2n) is 5.52. The summed E-state index contributed by atoms with van der Waals surface area (Å²) in [6.07, 6.45) is -3.84. The second-order valence-corrected chi connectivity index (χ2v) is 5.95. The summed E-state index contributed by atoms with van der Waals surface area (Å²) in [6.45, 7) is 0. The summed E-state index contributed by atoms with van der Waals surface area (Å²) in [7, 11) is 0. The fraction of sp³-hybridized carbons (Fsp3) is 0.235. The standard InChI is InChI=1S/C17H13ClF3NO/c18-11-7-5-10(6-8-11)13-9-15(13)22-16(23)12-3-1-2-4-14(12)17(19,20)21/h1-8,13,15H,9H2,(H,22,23). The molecule has 120 valence electrons. The van der Waals surface area contributed by atoms with Gasteiger partial charge in [0.15, 0.2) is 0 Å². The summed E-state index contributed by atoms with van der Waals surface area (Å²) in [5, 5.41) is 3.29. The average Bonchev–Trinajstić information content (AvgIpc) is 3.26. The van der Waals surface area contributed by atoms with E-state index in [1.807, 2.05) is 12.1 Å². The fourth-order valence-electron chi connectivity index (χ4n) is 2.61. The molecule has 6 heteroatoms. The van der Waals surface area contributed by atoms with Crippen LogP contribution in [-0.4, -0.2) is 11.9 Å². The molecule has 1 aliphatic rings. The minimum absolute atomic E-state index is 0.120. The van der Waals surface area contributed by atoms with Crippen LogP contribution in [0.15, 0.2) is 48.5 Å². The van der Waals surface area contributed by atoms with Gasteiger partial charge in [0.05, 0.1) is 11.1 Å². The quantitative estimate of drug-likeness (QED) is 0.867. The average molecular weight is 340 g/mol. The van der Waals surface area contributed by atoms with Crippen molar-refractivity contribution in [2.75, 3.05) is 0 Å². The van der Waals surface area contributed by atoms with Crippen molar-refractivity contribution in [2.24, 2.45) is 0 Å². The summed E-state index contributed by atoms with van der Waals surface area (Å²) in [5.74, 6) is -0.575. The summed E-state index contributed by atoms with van der Waals surface area (Å²) >= 11 is 5.82. The highest BCUT2D eigenvalue weighted by atomic mass is 35.5. The molecule has 0 aliphatic heterocycles. The van der Waals surface area contributed by atoms with Gasteiger partial charge in [0.25, 0.3) is 5.91 Å². The van der Waals surface area contributed by atoms with Crippen molar-refractivity contribution in [2.45, 2.75) is 24.6 Å². The third-order valence-electron chi connectivity index (χ3n) is 3.88. The van der Waals surface area contributed by atoms with Gasteiger partial charge in [-0.05, 0) is 36.2 Å². The Kier molecular flexibility index (Phi) is 4.06. The zero-order chi connectivity index (χ0) is 16.6. The van der Waals surface area contributed by atoms with Gasteiger partial charge in [0.1, 0.15) is 0 Å². The van der Waals surface area contributed by atoms with E-state index >= 15 is 0 Å². The van der Waals surface area contributed by atoms with E-state index in [2.05, 4.69) is 5.32 Å². The predicted molar refractivity (Wildman–Crippen MR) is 81.5 cm³/mol. The number of benzene rings is 2. The van der Waals surface area contributed by atoms with Gasteiger partial charge in [0.2, 0.25) is 0 Å². The number of carbonyl (C=O) groups excluding carboxylic acids is 1. The number of alkyl halides is 3. The molecule has 3 rings (SSSR count). The normalized spacial score (nSPS) is 20.2. The predicted octanol–water partition coefficient (Wildman–Crippen LogP) is 4.64. The van der Waals surface area contributed by atoms with Gasteiger partial charge in [-0.15, -0.1) is 0 Å². The molecule has 1 N–H and O–H groups in total. The van der Waals surface area contributed by atoms with Crippen LogP contribution in [0.2, 0.25) is 5.02 Å². The van der Waals surface area contributed by atoms with E-state index in [9.17, 15) is 18.0 Å². The summed E-state index contributed by atoms with van der Waals surface area (Å²) < 4.78 is 38.8. The SMILES string of the molecule is O=C(NC1CC1c1ccc(Cl)cc1)c1ccccc1C(F)(F)F. The Labute approximate surface area is 136 Å². The van der Waals surface area contributed by atoms with Crippen LogP contribution in [-0.2, 0) is 6.18 Å². The van der Waals surface area contributed by atoms with Crippen LogP contribution in [0, 0.1) is 0 Å². The number of rotatable bonds is 3. The van der Waals surface area contributed by atoms with Gasteiger partial charge in [0, 0.05) is 17.0 Å². The van der Waals surface area contributed by atoms with Crippen LogP contribution in [0.4, 0.5) is 13.2 Å². The zero-order valence-corrected chi connectivity index (χ0v) is 12.7. The van der Waals surface area contributed by atoms with E-state index < -0.39 is 17.6 Å². The molecule has 0 aromatic heterocycles. The Hall–Kier alpha value is -2.01. The molecule has 2 unspecified atom stereocenters. The molecule has 1 saturated carbocycles. The van der Waals surface area contributed by atoms with Crippen LogP contribution in [0.3, 0.4) is 0 Å². The highest BCUT2D eigenvalue weighted by molar-refractivity contribution is 6.30. The van der Waals surface area contributed by atoms with Gasteiger partial charge in [-0.2, -0.15) is 13.2 Å². The fourth-order valence-corrected chi connectivity index (χ4v) is 2.73. The monoisotopic (exact) mass is 339 g/mol.